The van der Waals surface area contributed by atoms with E-state index in [0.29, 0.717) is 18.3 Å². The summed E-state index contributed by atoms with van der Waals surface area (Å²) in [6.07, 6.45) is 7.49. The molecule has 0 amide bonds. The molecule has 1 heterocycles. The lowest BCUT2D eigenvalue weighted by atomic mass is 9.61. The Kier molecular flexibility index (Phi) is 6.33. The topological polar surface area (TPSA) is 61.4 Å². The van der Waals surface area contributed by atoms with Crippen LogP contribution in [0.25, 0.3) is 0 Å². The second kappa shape index (κ2) is 8.25. The van der Waals surface area contributed by atoms with Crippen molar-refractivity contribution < 1.29 is 9.90 Å². The zero-order chi connectivity index (χ0) is 20.4. The zero-order valence-corrected chi connectivity index (χ0v) is 18.0. The Labute approximate surface area is 170 Å². The molecule has 4 nitrogen and oxygen atoms in total. The Balaban J connectivity index is 2.02. The van der Waals surface area contributed by atoms with Gasteiger partial charge in [0.25, 0.3) is 0 Å². The highest BCUT2D eigenvalue weighted by Gasteiger charge is 2.57. The number of aliphatic hydroxyl groups is 1. The largest absolute Gasteiger partial charge is 0.387 e. The smallest absolute Gasteiger partial charge is 0.144 e. The monoisotopic (exact) mass is 386 g/mol. The van der Waals surface area contributed by atoms with E-state index in [2.05, 4.69) is 31.4 Å². The van der Waals surface area contributed by atoms with Gasteiger partial charge in [-0.2, -0.15) is 0 Å². The van der Waals surface area contributed by atoms with E-state index >= 15 is 0 Å². The van der Waals surface area contributed by atoms with Gasteiger partial charge in [0.1, 0.15) is 11.8 Å². The van der Waals surface area contributed by atoms with Gasteiger partial charge in [0, 0.05) is 18.0 Å². The van der Waals surface area contributed by atoms with Crippen LogP contribution in [0.3, 0.4) is 0 Å². The maximum absolute atomic E-state index is 12.9. The molecule has 1 saturated carbocycles. The molecule has 5 unspecified atom stereocenters. The van der Waals surface area contributed by atoms with Gasteiger partial charge in [-0.15, -0.1) is 0 Å². The lowest BCUT2D eigenvalue weighted by Crippen LogP contribution is -2.78. The molecule has 1 aliphatic heterocycles. The first-order valence-corrected chi connectivity index (χ1v) is 10.9. The van der Waals surface area contributed by atoms with Crippen LogP contribution in [-0.2, 0) is 11.2 Å². The lowest BCUT2D eigenvalue weighted by molar-refractivity contribution is -0.136. The fourth-order valence-electron chi connectivity index (χ4n) is 5.65. The molecule has 0 radical (unpaired) electrons. The Hall–Kier alpha value is -1.23. The molecule has 1 aromatic rings. The molecule has 4 heteroatoms. The molecule has 1 aromatic carbocycles. The molecule has 2 fully saturated rings. The maximum atomic E-state index is 12.9. The molecule has 3 rings (SSSR count). The minimum atomic E-state index is -1.22. The van der Waals surface area contributed by atoms with E-state index in [9.17, 15) is 9.90 Å². The first-order valence-electron chi connectivity index (χ1n) is 10.9. The average Bonchev–Trinajstić information content (AvgIpc) is 2.65. The van der Waals surface area contributed by atoms with Crippen molar-refractivity contribution >= 4 is 6.29 Å². The minimum Gasteiger partial charge on any atom is -0.387 e. The van der Waals surface area contributed by atoms with Crippen LogP contribution in [0.2, 0.25) is 0 Å². The van der Waals surface area contributed by atoms with Crippen LogP contribution in [0.1, 0.15) is 65.4 Å². The quantitative estimate of drug-likeness (QED) is 0.655. The number of nitrogens with one attached hydrogen (secondary N) is 2. The maximum Gasteiger partial charge on any atom is 0.144 e. The first-order chi connectivity index (χ1) is 13.2. The summed E-state index contributed by atoms with van der Waals surface area (Å²) in [7, 11) is 0. The van der Waals surface area contributed by atoms with Crippen LogP contribution in [0.4, 0.5) is 0 Å². The predicted octanol–water partition coefficient (Wildman–Crippen LogP) is 3.47. The zero-order valence-electron chi connectivity index (χ0n) is 18.0. The molecule has 1 saturated heterocycles. The highest BCUT2D eigenvalue weighted by Crippen LogP contribution is 2.43. The van der Waals surface area contributed by atoms with E-state index in [1.54, 1.807) is 0 Å². The van der Waals surface area contributed by atoms with Crippen LogP contribution in [0.5, 0.6) is 0 Å². The second-order valence-corrected chi connectivity index (χ2v) is 10.2. The number of piperidine rings is 1. The number of rotatable bonds is 6. The van der Waals surface area contributed by atoms with Gasteiger partial charge >= 0.3 is 0 Å². The molecule has 0 aromatic heterocycles. The van der Waals surface area contributed by atoms with E-state index in [4.69, 9.17) is 0 Å². The third-order valence-electron chi connectivity index (χ3n) is 6.82. The molecular formula is C24H38N2O2. The van der Waals surface area contributed by atoms with Crippen molar-refractivity contribution in [2.24, 2.45) is 11.8 Å². The van der Waals surface area contributed by atoms with Gasteiger partial charge in [-0.1, -0.05) is 49.6 Å². The van der Waals surface area contributed by atoms with Gasteiger partial charge in [0.05, 0.1) is 5.60 Å². The number of carbonyl (C=O) groups excluding carboxylic acids is 1. The fraction of sp³-hybridized carbons (Fsp3) is 0.708. The summed E-state index contributed by atoms with van der Waals surface area (Å²) in [6, 6.07) is 9.94. The Morgan fingerprint density at radius 3 is 2.43 bits per heavy atom. The van der Waals surface area contributed by atoms with Crippen LogP contribution in [0, 0.1) is 11.8 Å². The van der Waals surface area contributed by atoms with Gasteiger partial charge in [0.15, 0.2) is 0 Å². The molecule has 0 bridgehead atoms. The Morgan fingerprint density at radius 1 is 1.11 bits per heavy atom. The van der Waals surface area contributed by atoms with Gasteiger partial charge in [-0.3, -0.25) is 5.32 Å². The molecule has 28 heavy (non-hydrogen) atoms. The third kappa shape index (κ3) is 4.34. The number of fused-ring (bicyclic) bond motifs is 1. The lowest BCUT2D eigenvalue weighted by Gasteiger charge is -2.56. The van der Waals surface area contributed by atoms with Crippen molar-refractivity contribution in [3.8, 4) is 0 Å². The highest BCUT2D eigenvalue weighted by molar-refractivity contribution is 5.69. The average molecular weight is 387 g/mol. The van der Waals surface area contributed by atoms with Crippen molar-refractivity contribution in [2.75, 3.05) is 6.54 Å². The van der Waals surface area contributed by atoms with Crippen LogP contribution in [0.15, 0.2) is 30.3 Å². The van der Waals surface area contributed by atoms with Crippen LogP contribution < -0.4 is 10.6 Å². The summed E-state index contributed by atoms with van der Waals surface area (Å²) in [6.45, 7) is 8.97. The van der Waals surface area contributed by atoms with Crippen LogP contribution in [-0.4, -0.2) is 40.7 Å². The van der Waals surface area contributed by atoms with E-state index in [-0.39, 0.29) is 11.6 Å². The van der Waals surface area contributed by atoms with Crippen molar-refractivity contribution in [3.63, 3.8) is 0 Å². The summed E-state index contributed by atoms with van der Waals surface area (Å²) >= 11 is 0. The Morgan fingerprint density at radius 2 is 1.79 bits per heavy atom. The van der Waals surface area contributed by atoms with E-state index in [0.717, 1.165) is 24.8 Å². The number of hydrogen-bond acceptors (Lipinski definition) is 4. The van der Waals surface area contributed by atoms with Crippen molar-refractivity contribution in [1.29, 1.82) is 0 Å². The molecular weight excluding hydrogens is 348 g/mol. The molecule has 2 aliphatic rings. The minimum absolute atomic E-state index is 0.0676. The third-order valence-corrected chi connectivity index (χ3v) is 6.82. The van der Waals surface area contributed by atoms with Gasteiger partial charge in [-0.05, 0) is 64.5 Å². The summed E-state index contributed by atoms with van der Waals surface area (Å²) in [5.41, 5.74) is -1.53. The molecule has 3 N–H and O–H groups in total. The Bertz CT molecular complexity index is 650. The van der Waals surface area contributed by atoms with E-state index in [1.165, 1.54) is 25.7 Å². The first kappa shape index (κ1) is 21.5. The predicted molar refractivity (Wildman–Crippen MR) is 114 cm³/mol. The SMILES string of the molecule is CC(C)(C)NC(C=O)(C1NCCC2CCCCC21)C(C)(O)Cc1ccccc1. The fourth-order valence-corrected chi connectivity index (χ4v) is 5.65. The second-order valence-electron chi connectivity index (χ2n) is 10.2. The standard InChI is InChI=1S/C24H38N2O2/c1-22(2,3)26-24(17-27,23(4,28)16-18-10-6-5-7-11-18)21-20-13-9-8-12-19(20)14-15-25-21/h5-7,10-11,17,19-21,25-26,28H,8-9,12-16H2,1-4H3. The number of aldehydes is 1. The van der Waals surface area contributed by atoms with Crippen LogP contribution >= 0.6 is 0 Å². The molecule has 156 valence electrons. The number of benzene rings is 1. The number of carbonyl (C=O) groups is 1. The molecule has 0 spiro atoms. The van der Waals surface area contributed by atoms with Crippen molar-refractivity contribution in [3.05, 3.63) is 35.9 Å². The number of hydrogen-bond donors (Lipinski definition) is 3. The van der Waals surface area contributed by atoms with Crippen molar-refractivity contribution in [1.82, 2.24) is 10.6 Å². The summed E-state index contributed by atoms with van der Waals surface area (Å²) in [5, 5.41) is 19.1. The summed E-state index contributed by atoms with van der Waals surface area (Å²) in [5.74, 6) is 1.07. The summed E-state index contributed by atoms with van der Waals surface area (Å²) in [4.78, 5) is 12.9. The molecule has 5 atom stereocenters. The van der Waals surface area contributed by atoms with Gasteiger partial charge in [-0.25, -0.2) is 0 Å². The molecule has 1 aliphatic carbocycles. The van der Waals surface area contributed by atoms with E-state index < -0.39 is 11.1 Å². The normalized spacial score (nSPS) is 30.0. The highest BCUT2D eigenvalue weighted by atomic mass is 16.3. The van der Waals surface area contributed by atoms with Gasteiger partial charge < -0.3 is 15.2 Å². The van der Waals surface area contributed by atoms with Gasteiger partial charge in [0.2, 0.25) is 0 Å². The van der Waals surface area contributed by atoms with E-state index in [1.807, 2.05) is 37.3 Å². The van der Waals surface area contributed by atoms with Crippen molar-refractivity contribution in [2.45, 2.75) is 88.9 Å². The summed E-state index contributed by atoms with van der Waals surface area (Å²) < 4.78 is 0.